The van der Waals surface area contributed by atoms with Crippen molar-refractivity contribution in [3.05, 3.63) is 167 Å². The second-order valence-corrected chi connectivity index (χ2v) is 11.4. The number of hydrogen-bond donors (Lipinski definition) is 3. The number of rotatable bonds is 16. The molecule has 5 aromatic carbocycles. The van der Waals surface area contributed by atoms with Gasteiger partial charge in [0.15, 0.2) is 11.5 Å². The summed E-state index contributed by atoms with van der Waals surface area (Å²) in [4.78, 5) is 38.8. The van der Waals surface area contributed by atoms with Crippen LogP contribution < -0.4 is 20.1 Å². The van der Waals surface area contributed by atoms with Gasteiger partial charge in [-0.15, -0.1) is 0 Å². The molecule has 49 heavy (non-hydrogen) atoms. The zero-order valence-electron chi connectivity index (χ0n) is 26.9. The average molecular weight is 659 g/mol. The normalized spacial score (nSPS) is 11.8. The first kappa shape index (κ1) is 34.3. The summed E-state index contributed by atoms with van der Waals surface area (Å²) in [5, 5.41) is 15.4. The number of hydrogen-bond acceptors (Lipinski definition) is 6. The topological polar surface area (TPSA) is 123 Å². The minimum atomic E-state index is -1.30. The highest BCUT2D eigenvalue weighted by Gasteiger charge is 2.28. The number of carboxylic acids is 1. The Morgan fingerprint density at radius 1 is 0.510 bits per heavy atom. The minimum Gasteiger partial charge on any atom is -0.485 e. The molecular weight excluding hydrogens is 620 g/mol. The molecule has 0 aromatic heterocycles. The number of carboxylic acid groups (broad SMARTS) is 1. The fourth-order valence-corrected chi connectivity index (χ4v) is 5.06. The Hall–Kier alpha value is -6.09. The number of carbonyl (C=O) groups excluding carboxylic acids is 2. The van der Waals surface area contributed by atoms with Crippen LogP contribution in [0.5, 0.6) is 11.5 Å². The van der Waals surface area contributed by atoms with Gasteiger partial charge in [-0.3, -0.25) is 4.79 Å². The van der Waals surface area contributed by atoms with Gasteiger partial charge >= 0.3 is 12.1 Å². The maximum atomic E-state index is 13.6. The largest absolute Gasteiger partial charge is 0.485 e. The Kier molecular flexibility index (Phi) is 12.4. The number of benzene rings is 5. The SMILES string of the molecule is O=C(N[C@@H](Cc1ccccc1)C(=O)N[C@@H](Cc1ccc(OCc2ccccc2)c(OCc2ccccc2)c1)C(=O)O)OCc1ccccc1. The summed E-state index contributed by atoms with van der Waals surface area (Å²) in [6, 6.07) is 40.5. The molecule has 9 nitrogen and oxygen atoms in total. The van der Waals surface area contributed by atoms with Crippen molar-refractivity contribution in [2.24, 2.45) is 0 Å². The molecule has 0 aliphatic heterocycles. The van der Waals surface area contributed by atoms with Crippen LogP contribution in [-0.2, 0) is 47.0 Å². The van der Waals surface area contributed by atoms with Gasteiger partial charge in [0, 0.05) is 12.8 Å². The van der Waals surface area contributed by atoms with Crippen LogP contribution >= 0.6 is 0 Å². The van der Waals surface area contributed by atoms with E-state index < -0.39 is 30.1 Å². The van der Waals surface area contributed by atoms with Gasteiger partial charge in [-0.05, 0) is 39.9 Å². The van der Waals surface area contributed by atoms with Crippen LogP contribution in [0, 0.1) is 0 Å². The third kappa shape index (κ3) is 11.0. The van der Waals surface area contributed by atoms with Crippen molar-refractivity contribution in [1.29, 1.82) is 0 Å². The van der Waals surface area contributed by atoms with Gasteiger partial charge < -0.3 is 30.0 Å². The maximum absolute atomic E-state index is 13.6. The summed E-state index contributed by atoms with van der Waals surface area (Å²) in [5.74, 6) is -0.941. The third-order valence-corrected chi connectivity index (χ3v) is 7.64. The fourth-order valence-electron chi connectivity index (χ4n) is 5.06. The smallest absolute Gasteiger partial charge is 0.408 e. The van der Waals surface area contributed by atoms with Crippen molar-refractivity contribution in [2.75, 3.05) is 0 Å². The number of amides is 2. The Bertz CT molecular complexity index is 1790. The average Bonchev–Trinajstić information content (AvgIpc) is 3.13. The minimum absolute atomic E-state index is 0.0177. The number of ether oxygens (including phenoxy) is 3. The van der Waals surface area contributed by atoms with E-state index in [0.717, 1.165) is 22.3 Å². The molecule has 0 radical (unpaired) electrons. The first-order valence-corrected chi connectivity index (χ1v) is 15.9. The van der Waals surface area contributed by atoms with E-state index in [-0.39, 0.29) is 26.1 Å². The van der Waals surface area contributed by atoms with Crippen molar-refractivity contribution in [1.82, 2.24) is 10.6 Å². The molecule has 0 saturated carbocycles. The number of alkyl carbamates (subject to hydrolysis) is 1. The summed E-state index contributed by atoms with van der Waals surface area (Å²) < 4.78 is 17.6. The summed E-state index contributed by atoms with van der Waals surface area (Å²) in [7, 11) is 0. The van der Waals surface area contributed by atoms with Crippen LogP contribution in [0.15, 0.2) is 140 Å². The Morgan fingerprint density at radius 2 is 0.980 bits per heavy atom. The van der Waals surface area contributed by atoms with Crippen LogP contribution in [0.3, 0.4) is 0 Å². The van der Waals surface area contributed by atoms with Crippen molar-refractivity contribution in [3.63, 3.8) is 0 Å². The van der Waals surface area contributed by atoms with Gasteiger partial charge in [-0.1, -0.05) is 127 Å². The molecule has 0 heterocycles. The number of aliphatic carboxylic acids is 1. The van der Waals surface area contributed by atoms with Gasteiger partial charge in [-0.2, -0.15) is 0 Å². The summed E-state index contributed by atoms with van der Waals surface area (Å²) in [6.45, 7) is 0.613. The van der Waals surface area contributed by atoms with Gasteiger partial charge in [0.05, 0.1) is 0 Å². The molecule has 250 valence electrons. The van der Waals surface area contributed by atoms with Gasteiger partial charge in [-0.25, -0.2) is 9.59 Å². The Balaban J connectivity index is 1.29. The predicted octanol–water partition coefficient (Wildman–Crippen LogP) is 6.49. The van der Waals surface area contributed by atoms with Gasteiger partial charge in [0.1, 0.15) is 31.9 Å². The van der Waals surface area contributed by atoms with E-state index in [9.17, 15) is 19.5 Å². The summed E-state index contributed by atoms with van der Waals surface area (Å²) >= 11 is 0. The predicted molar refractivity (Wildman–Crippen MR) is 185 cm³/mol. The molecule has 9 heteroatoms. The van der Waals surface area contributed by atoms with E-state index in [2.05, 4.69) is 10.6 Å². The lowest BCUT2D eigenvalue weighted by Crippen LogP contribution is -2.53. The maximum Gasteiger partial charge on any atom is 0.408 e. The number of carbonyl (C=O) groups is 3. The van der Waals surface area contributed by atoms with E-state index in [1.807, 2.05) is 121 Å². The zero-order valence-corrected chi connectivity index (χ0v) is 26.9. The van der Waals surface area contributed by atoms with Crippen molar-refractivity contribution < 1.29 is 33.7 Å². The van der Waals surface area contributed by atoms with Crippen LogP contribution in [0.1, 0.15) is 27.8 Å². The van der Waals surface area contributed by atoms with E-state index in [0.29, 0.717) is 23.7 Å². The van der Waals surface area contributed by atoms with Gasteiger partial charge in [0.2, 0.25) is 5.91 Å². The molecule has 0 bridgehead atoms. The molecule has 0 unspecified atom stereocenters. The zero-order chi connectivity index (χ0) is 34.3. The van der Waals surface area contributed by atoms with Crippen molar-refractivity contribution in [2.45, 2.75) is 44.7 Å². The third-order valence-electron chi connectivity index (χ3n) is 7.64. The molecule has 3 N–H and O–H groups in total. The van der Waals surface area contributed by atoms with Crippen LogP contribution in [0.4, 0.5) is 4.79 Å². The number of nitrogens with one attached hydrogen (secondary N) is 2. The van der Waals surface area contributed by atoms with Crippen molar-refractivity contribution >= 4 is 18.0 Å². The van der Waals surface area contributed by atoms with E-state index >= 15 is 0 Å². The lowest BCUT2D eigenvalue weighted by molar-refractivity contribution is -0.142. The lowest BCUT2D eigenvalue weighted by atomic mass is 10.0. The standard InChI is InChI=1S/C40H38N2O7/c43-38(34(23-29-13-5-1-6-14-29)42-40(46)49-28-32-19-11-4-12-20-32)41-35(39(44)45)24-33-21-22-36(47-26-30-15-7-2-8-16-30)37(25-33)48-27-31-17-9-3-10-18-31/h1-22,25,34-35H,23-24,26-28H2,(H,41,43)(H,42,46)(H,44,45)/t34-,35-/m0/s1. The summed E-state index contributed by atoms with van der Waals surface area (Å²) in [6.07, 6.45) is -0.707. The lowest BCUT2D eigenvalue weighted by Gasteiger charge is -2.22. The highest BCUT2D eigenvalue weighted by atomic mass is 16.5. The van der Waals surface area contributed by atoms with Crippen LogP contribution in [0.2, 0.25) is 0 Å². The van der Waals surface area contributed by atoms with E-state index in [1.54, 1.807) is 18.2 Å². The fraction of sp³-hybridized carbons (Fsp3) is 0.175. The highest BCUT2D eigenvalue weighted by Crippen LogP contribution is 2.31. The highest BCUT2D eigenvalue weighted by molar-refractivity contribution is 5.89. The Labute approximate surface area is 285 Å². The van der Waals surface area contributed by atoms with Gasteiger partial charge in [0.25, 0.3) is 0 Å². The molecule has 0 spiro atoms. The molecule has 2 amide bonds. The molecule has 0 saturated heterocycles. The first-order chi connectivity index (χ1) is 23.9. The molecule has 0 aliphatic carbocycles. The first-order valence-electron chi connectivity index (χ1n) is 15.9. The second-order valence-electron chi connectivity index (χ2n) is 11.4. The molecule has 0 aliphatic rings. The van der Waals surface area contributed by atoms with E-state index in [1.165, 1.54) is 0 Å². The van der Waals surface area contributed by atoms with Crippen molar-refractivity contribution in [3.8, 4) is 11.5 Å². The molecule has 5 aromatic rings. The summed E-state index contributed by atoms with van der Waals surface area (Å²) in [5.41, 5.74) is 4.12. The quantitative estimate of drug-likeness (QED) is 0.111. The molecule has 0 fully saturated rings. The monoisotopic (exact) mass is 658 g/mol. The molecular formula is C40H38N2O7. The van der Waals surface area contributed by atoms with E-state index in [4.69, 9.17) is 14.2 Å². The van der Waals surface area contributed by atoms with Crippen LogP contribution in [-0.4, -0.2) is 35.2 Å². The molecule has 2 atom stereocenters. The van der Waals surface area contributed by atoms with Crippen LogP contribution in [0.25, 0.3) is 0 Å². The molecule has 5 rings (SSSR count). The second kappa shape index (κ2) is 17.7. The Morgan fingerprint density at radius 3 is 1.51 bits per heavy atom.